The van der Waals surface area contributed by atoms with Crippen molar-refractivity contribution in [3.63, 3.8) is 0 Å². The average Bonchev–Trinajstić information content (AvgIpc) is 2.68. The third-order valence-corrected chi connectivity index (χ3v) is 3.71. The molecular weight excluding hydrogens is 346 g/mol. The van der Waals surface area contributed by atoms with Crippen molar-refractivity contribution >= 4 is 23.0 Å². The highest BCUT2D eigenvalue weighted by Gasteiger charge is 2.10. The van der Waals surface area contributed by atoms with Crippen LogP contribution in [-0.4, -0.2) is 34.0 Å². The zero-order valence-corrected chi connectivity index (χ0v) is 14.6. The fraction of sp³-hybridized carbons (Fsp3) is 0.111. The molecule has 0 unspecified atom stereocenters. The molecule has 0 fully saturated rings. The van der Waals surface area contributed by atoms with Crippen LogP contribution in [0.4, 0.5) is 23.0 Å². The lowest BCUT2D eigenvalue weighted by Gasteiger charge is -2.12. The van der Waals surface area contributed by atoms with Gasteiger partial charge in [0, 0.05) is 43.2 Å². The fourth-order valence-electron chi connectivity index (χ4n) is 2.32. The summed E-state index contributed by atoms with van der Waals surface area (Å²) in [6.45, 7) is 0. The zero-order chi connectivity index (χ0) is 19.4. The predicted molar refractivity (Wildman–Crippen MR) is 101 cm³/mol. The number of nitrogens with zero attached hydrogens (tertiary/aromatic N) is 6. The molecule has 3 aromatic rings. The third kappa shape index (κ3) is 4.13. The Labute approximate surface area is 155 Å². The van der Waals surface area contributed by atoms with Crippen LogP contribution >= 0.6 is 0 Å². The lowest BCUT2D eigenvalue weighted by Crippen LogP contribution is -2.08. The molecule has 0 amide bonds. The van der Waals surface area contributed by atoms with Gasteiger partial charge in [-0.15, -0.1) is 0 Å². The molecule has 27 heavy (non-hydrogen) atoms. The number of aromatic nitrogens is 3. The van der Waals surface area contributed by atoms with Crippen LogP contribution < -0.4 is 10.2 Å². The maximum Gasteiger partial charge on any atom is 0.269 e. The topological polar surface area (TPSA) is 121 Å². The number of nitro benzene ring substituents is 1. The number of nitriles is 1. The SMILES string of the molecule is CN(C)c1ccc(-c2nc(C#N)nc(Nc3ccc([N+](=O)[O-])cc3)n2)cc1. The monoisotopic (exact) mass is 361 g/mol. The molecule has 1 N–H and O–H groups in total. The standard InChI is InChI=1S/C18H15N7O2/c1-24(2)14-7-3-12(4-8-14)17-21-16(11-19)22-18(23-17)20-13-5-9-15(10-6-13)25(26)27/h3-10H,1-2H3,(H,20,21,22,23). The Morgan fingerprint density at radius 2 is 1.70 bits per heavy atom. The number of nitro groups is 1. The van der Waals surface area contributed by atoms with E-state index in [1.807, 2.05) is 49.3 Å². The van der Waals surface area contributed by atoms with Gasteiger partial charge in [0.2, 0.25) is 11.8 Å². The molecule has 0 aliphatic rings. The first kappa shape index (κ1) is 17.8. The molecule has 2 aromatic carbocycles. The number of anilines is 3. The highest BCUT2D eigenvalue weighted by molar-refractivity contribution is 5.63. The van der Waals surface area contributed by atoms with Crippen molar-refractivity contribution in [3.8, 4) is 17.5 Å². The number of non-ortho nitro benzene ring substituents is 1. The number of benzene rings is 2. The van der Waals surface area contributed by atoms with E-state index in [0.717, 1.165) is 11.3 Å². The van der Waals surface area contributed by atoms with E-state index >= 15 is 0 Å². The summed E-state index contributed by atoms with van der Waals surface area (Å²) in [6, 6.07) is 15.3. The number of hydrogen-bond donors (Lipinski definition) is 1. The lowest BCUT2D eigenvalue weighted by molar-refractivity contribution is -0.384. The van der Waals surface area contributed by atoms with Crippen LogP contribution in [-0.2, 0) is 0 Å². The van der Waals surface area contributed by atoms with E-state index in [0.29, 0.717) is 11.5 Å². The van der Waals surface area contributed by atoms with E-state index in [-0.39, 0.29) is 17.5 Å². The molecular formula is C18H15N7O2. The average molecular weight is 361 g/mol. The molecule has 0 aliphatic heterocycles. The van der Waals surface area contributed by atoms with Gasteiger partial charge in [-0.25, -0.2) is 0 Å². The summed E-state index contributed by atoms with van der Waals surface area (Å²) >= 11 is 0. The minimum absolute atomic E-state index is 0.0180. The molecule has 0 saturated carbocycles. The van der Waals surface area contributed by atoms with Crippen molar-refractivity contribution in [3.05, 3.63) is 64.5 Å². The van der Waals surface area contributed by atoms with Crippen LogP contribution in [0.5, 0.6) is 0 Å². The Morgan fingerprint density at radius 1 is 1.04 bits per heavy atom. The third-order valence-electron chi connectivity index (χ3n) is 3.71. The van der Waals surface area contributed by atoms with Crippen molar-refractivity contribution in [2.24, 2.45) is 0 Å². The molecule has 0 aliphatic carbocycles. The van der Waals surface area contributed by atoms with E-state index in [1.54, 1.807) is 12.1 Å². The number of nitrogens with one attached hydrogen (secondary N) is 1. The van der Waals surface area contributed by atoms with Gasteiger partial charge in [0.1, 0.15) is 6.07 Å². The van der Waals surface area contributed by atoms with Gasteiger partial charge in [-0.1, -0.05) is 0 Å². The van der Waals surface area contributed by atoms with Crippen molar-refractivity contribution in [2.75, 3.05) is 24.3 Å². The van der Waals surface area contributed by atoms with Crippen molar-refractivity contribution in [1.29, 1.82) is 5.26 Å². The number of rotatable bonds is 5. The minimum Gasteiger partial charge on any atom is -0.378 e. The Balaban J connectivity index is 1.91. The summed E-state index contributed by atoms with van der Waals surface area (Å²) < 4.78 is 0. The molecule has 3 rings (SSSR count). The van der Waals surface area contributed by atoms with E-state index in [4.69, 9.17) is 0 Å². The van der Waals surface area contributed by atoms with Crippen LogP contribution in [0.1, 0.15) is 5.82 Å². The van der Waals surface area contributed by atoms with Crippen LogP contribution in [0.15, 0.2) is 48.5 Å². The minimum atomic E-state index is -0.476. The largest absolute Gasteiger partial charge is 0.378 e. The van der Waals surface area contributed by atoms with E-state index in [1.165, 1.54) is 12.1 Å². The second-order valence-electron chi connectivity index (χ2n) is 5.79. The Morgan fingerprint density at radius 3 is 2.26 bits per heavy atom. The van der Waals surface area contributed by atoms with Crippen LogP contribution in [0, 0.1) is 21.4 Å². The van der Waals surface area contributed by atoms with Gasteiger partial charge in [0.25, 0.3) is 5.69 Å². The predicted octanol–water partition coefficient (Wildman–Crippen LogP) is 3.13. The molecule has 1 aromatic heterocycles. The van der Waals surface area contributed by atoms with Crippen LogP contribution in [0.2, 0.25) is 0 Å². The second kappa shape index (κ2) is 7.45. The molecule has 9 nitrogen and oxygen atoms in total. The van der Waals surface area contributed by atoms with E-state index in [9.17, 15) is 15.4 Å². The summed E-state index contributed by atoms with van der Waals surface area (Å²) in [5, 5.41) is 22.9. The molecule has 9 heteroatoms. The van der Waals surface area contributed by atoms with Crippen LogP contribution in [0.3, 0.4) is 0 Å². The molecule has 0 saturated heterocycles. The maximum absolute atomic E-state index is 10.7. The summed E-state index contributed by atoms with van der Waals surface area (Å²) in [5.74, 6) is 0.513. The Hall–Kier alpha value is -4.06. The normalized spacial score (nSPS) is 10.1. The molecule has 0 atom stereocenters. The quantitative estimate of drug-likeness (QED) is 0.543. The fourth-order valence-corrected chi connectivity index (χ4v) is 2.32. The van der Waals surface area contributed by atoms with Crippen molar-refractivity contribution in [1.82, 2.24) is 15.0 Å². The molecule has 0 spiro atoms. The Bertz CT molecular complexity index is 1010. The van der Waals surface area contributed by atoms with Gasteiger partial charge < -0.3 is 10.2 Å². The van der Waals surface area contributed by atoms with E-state index < -0.39 is 4.92 Å². The lowest BCUT2D eigenvalue weighted by atomic mass is 10.2. The summed E-state index contributed by atoms with van der Waals surface area (Å²) in [7, 11) is 3.88. The maximum atomic E-state index is 10.7. The highest BCUT2D eigenvalue weighted by Crippen LogP contribution is 2.22. The van der Waals surface area contributed by atoms with Crippen LogP contribution in [0.25, 0.3) is 11.4 Å². The molecule has 0 radical (unpaired) electrons. The zero-order valence-electron chi connectivity index (χ0n) is 14.6. The first-order chi connectivity index (χ1) is 13.0. The molecule has 1 heterocycles. The summed E-state index contributed by atoms with van der Waals surface area (Å²) in [4.78, 5) is 24.8. The smallest absolute Gasteiger partial charge is 0.269 e. The highest BCUT2D eigenvalue weighted by atomic mass is 16.6. The van der Waals surface area contributed by atoms with E-state index in [2.05, 4.69) is 20.3 Å². The molecule has 134 valence electrons. The Kier molecular flexibility index (Phi) is 4.90. The van der Waals surface area contributed by atoms with Gasteiger partial charge in [0.05, 0.1) is 4.92 Å². The summed E-state index contributed by atoms with van der Waals surface area (Å²) in [5.41, 5.74) is 2.31. The molecule has 0 bridgehead atoms. The summed E-state index contributed by atoms with van der Waals surface area (Å²) in [6.07, 6.45) is 0. The van der Waals surface area contributed by atoms with Gasteiger partial charge in [-0.3, -0.25) is 10.1 Å². The van der Waals surface area contributed by atoms with Gasteiger partial charge in [0.15, 0.2) is 5.82 Å². The van der Waals surface area contributed by atoms with Crippen molar-refractivity contribution < 1.29 is 4.92 Å². The van der Waals surface area contributed by atoms with Gasteiger partial charge in [-0.2, -0.15) is 20.2 Å². The second-order valence-corrected chi connectivity index (χ2v) is 5.79. The first-order valence-electron chi connectivity index (χ1n) is 7.91. The van der Waals surface area contributed by atoms with Gasteiger partial charge in [-0.05, 0) is 36.4 Å². The number of hydrogen-bond acceptors (Lipinski definition) is 8. The first-order valence-corrected chi connectivity index (χ1v) is 7.91. The van der Waals surface area contributed by atoms with Gasteiger partial charge >= 0.3 is 0 Å². The van der Waals surface area contributed by atoms with Crippen molar-refractivity contribution in [2.45, 2.75) is 0 Å².